The van der Waals surface area contributed by atoms with Gasteiger partial charge in [0, 0.05) is 0 Å². The van der Waals surface area contributed by atoms with Gasteiger partial charge < -0.3 is 14.6 Å². The van der Waals surface area contributed by atoms with Gasteiger partial charge in [-0.1, -0.05) is 6.92 Å². The molecule has 1 N–H and O–H groups in total. The molecule has 2 rings (SSSR count). The molecule has 0 spiro atoms. The van der Waals surface area contributed by atoms with Crippen LogP contribution in [0.4, 0.5) is 0 Å². The Balaban J connectivity index is 2.52. The summed E-state index contributed by atoms with van der Waals surface area (Å²) >= 11 is 1.41. The summed E-state index contributed by atoms with van der Waals surface area (Å²) in [6, 6.07) is 5.35. The van der Waals surface area contributed by atoms with Gasteiger partial charge >= 0.3 is 5.97 Å². The van der Waals surface area contributed by atoms with Crippen LogP contribution in [0.1, 0.15) is 28.8 Å². The van der Waals surface area contributed by atoms with E-state index in [9.17, 15) is 9.90 Å². The molecule has 0 atom stereocenters. The van der Waals surface area contributed by atoms with Crippen molar-refractivity contribution in [2.45, 2.75) is 19.8 Å². The summed E-state index contributed by atoms with van der Waals surface area (Å²) in [4.78, 5) is 16.2. The summed E-state index contributed by atoms with van der Waals surface area (Å²) in [7, 11) is 3.11. The van der Waals surface area contributed by atoms with E-state index in [1.807, 2.05) is 13.0 Å². The topological polar surface area (TPSA) is 68.7 Å². The van der Waals surface area contributed by atoms with E-state index in [2.05, 4.69) is 4.98 Å². The minimum Gasteiger partial charge on any atom is -0.493 e. The Hall–Kier alpha value is -2.08. The molecule has 0 unspecified atom stereocenters. The maximum atomic E-state index is 11.4. The largest absolute Gasteiger partial charge is 0.493 e. The van der Waals surface area contributed by atoms with E-state index < -0.39 is 5.97 Å². The standard InChI is InChI=1S/C15H17NO4S/c1-4-5-12-16-13(15(17)18)14(21-12)9-6-7-10(19-2)11(8-9)20-3/h6-8H,4-5H2,1-3H3,(H,17,18). The molecule has 0 radical (unpaired) electrons. The number of carbonyl (C=O) groups is 1. The lowest BCUT2D eigenvalue weighted by Crippen LogP contribution is -1.99. The van der Waals surface area contributed by atoms with Crippen LogP contribution >= 0.6 is 11.3 Å². The highest BCUT2D eigenvalue weighted by molar-refractivity contribution is 7.15. The molecule has 0 bridgehead atoms. The van der Waals surface area contributed by atoms with Crippen molar-refractivity contribution in [3.63, 3.8) is 0 Å². The van der Waals surface area contributed by atoms with E-state index in [4.69, 9.17) is 9.47 Å². The van der Waals surface area contributed by atoms with Crippen molar-refractivity contribution in [1.82, 2.24) is 4.98 Å². The van der Waals surface area contributed by atoms with Gasteiger partial charge in [0.25, 0.3) is 0 Å². The summed E-state index contributed by atoms with van der Waals surface area (Å²) in [6.07, 6.45) is 1.70. The normalized spacial score (nSPS) is 10.4. The zero-order valence-corrected chi connectivity index (χ0v) is 13.0. The van der Waals surface area contributed by atoms with Crippen LogP contribution in [-0.2, 0) is 6.42 Å². The number of rotatable bonds is 6. The van der Waals surface area contributed by atoms with Crippen molar-refractivity contribution in [3.8, 4) is 21.9 Å². The van der Waals surface area contributed by atoms with Gasteiger partial charge in [0.15, 0.2) is 17.2 Å². The van der Waals surface area contributed by atoms with Gasteiger partial charge in [0.2, 0.25) is 0 Å². The molecule has 0 saturated carbocycles. The highest BCUT2D eigenvalue weighted by atomic mass is 32.1. The first-order valence-corrected chi connectivity index (χ1v) is 7.37. The van der Waals surface area contributed by atoms with Crippen molar-refractivity contribution in [1.29, 1.82) is 0 Å². The van der Waals surface area contributed by atoms with E-state index in [1.165, 1.54) is 11.3 Å². The summed E-state index contributed by atoms with van der Waals surface area (Å²) < 4.78 is 10.5. The fraction of sp³-hybridized carbons (Fsp3) is 0.333. The van der Waals surface area contributed by atoms with E-state index in [0.29, 0.717) is 16.4 Å². The second-order valence-electron chi connectivity index (χ2n) is 4.41. The zero-order valence-electron chi connectivity index (χ0n) is 12.2. The Morgan fingerprint density at radius 1 is 1.29 bits per heavy atom. The number of aryl methyl sites for hydroxylation is 1. The minimum atomic E-state index is -1.02. The van der Waals surface area contributed by atoms with Gasteiger partial charge in [-0.3, -0.25) is 0 Å². The summed E-state index contributed by atoms with van der Waals surface area (Å²) in [6.45, 7) is 2.04. The van der Waals surface area contributed by atoms with Gasteiger partial charge in [-0.15, -0.1) is 11.3 Å². The van der Waals surface area contributed by atoms with Crippen molar-refractivity contribution < 1.29 is 19.4 Å². The lowest BCUT2D eigenvalue weighted by atomic mass is 10.1. The predicted octanol–water partition coefficient (Wildman–Crippen LogP) is 3.48. The van der Waals surface area contributed by atoms with Gasteiger partial charge in [-0.25, -0.2) is 9.78 Å². The quantitative estimate of drug-likeness (QED) is 0.885. The van der Waals surface area contributed by atoms with E-state index in [-0.39, 0.29) is 5.69 Å². The number of nitrogens with zero attached hydrogens (tertiary/aromatic N) is 1. The zero-order chi connectivity index (χ0) is 15.4. The van der Waals surface area contributed by atoms with Gasteiger partial charge in [0.05, 0.1) is 24.1 Å². The number of hydrogen-bond acceptors (Lipinski definition) is 5. The number of carboxylic acids is 1. The molecule has 6 heteroatoms. The highest BCUT2D eigenvalue weighted by Crippen LogP contribution is 2.36. The SMILES string of the molecule is CCCc1nc(C(=O)O)c(-c2ccc(OC)c(OC)c2)s1. The molecule has 21 heavy (non-hydrogen) atoms. The molecule has 0 aliphatic rings. The van der Waals surface area contributed by atoms with Crippen molar-refractivity contribution in [2.75, 3.05) is 14.2 Å². The van der Waals surface area contributed by atoms with E-state index in [0.717, 1.165) is 23.4 Å². The van der Waals surface area contributed by atoms with E-state index in [1.54, 1.807) is 26.4 Å². The lowest BCUT2D eigenvalue weighted by Gasteiger charge is -2.08. The molecule has 112 valence electrons. The maximum absolute atomic E-state index is 11.4. The van der Waals surface area contributed by atoms with Crippen molar-refractivity contribution in [3.05, 3.63) is 28.9 Å². The average Bonchev–Trinajstić information content (AvgIpc) is 2.91. The Kier molecular flexibility index (Phi) is 4.80. The predicted molar refractivity (Wildman–Crippen MR) is 81.6 cm³/mol. The Bertz CT molecular complexity index is 651. The average molecular weight is 307 g/mol. The maximum Gasteiger partial charge on any atom is 0.356 e. The van der Waals surface area contributed by atoms with Crippen LogP contribution in [0.15, 0.2) is 18.2 Å². The highest BCUT2D eigenvalue weighted by Gasteiger charge is 2.19. The number of methoxy groups -OCH3 is 2. The fourth-order valence-electron chi connectivity index (χ4n) is 2.00. The second-order valence-corrected chi connectivity index (χ2v) is 5.49. The number of carboxylic acid groups (broad SMARTS) is 1. The third-order valence-electron chi connectivity index (χ3n) is 2.98. The first-order chi connectivity index (χ1) is 10.1. The molecule has 2 aromatic rings. The van der Waals surface area contributed by atoms with Crippen molar-refractivity contribution in [2.24, 2.45) is 0 Å². The molecule has 0 aliphatic carbocycles. The smallest absolute Gasteiger partial charge is 0.356 e. The number of benzene rings is 1. The molecule has 1 aromatic heterocycles. The van der Waals surface area contributed by atoms with Gasteiger partial charge in [0.1, 0.15) is 0 Å². The van der Waals surface area contributed by atoms with Crippen LogP contribution in [0.5, 0.6) is 11.5 Å². The number of ether oxygens (including phenoxy) is 2. The summed E-state index contributed by atoms with van der Waals surface area (Å²) in [5, 5.41) is 10.2. The first kappa shape index (κ1) is 15.3. The molecule has 0 fully saturated rings. The third-order valence-corrected chi connectivity index (χ3v) is 4.15. The summed E-state index contributed by atoms with van der Waals surface area (Å²) in [5.74, 6) is 0.159. The second kappa shape index (κ2) is 6.58. The molecule has 0 saturated heterocycles. The van der Waals surface area contributed by atoms with Crippen LogP contribution in [0, 0.1) is 0 Å². The van der Waals surface area contributed by atoms with Crippen LogP contribution in [-0.4, -0.2) is 30.3 Å². The Morgan fingerprint density at radius 3 is 2.57 bits per heavy atom. The number of aromatic nitrogens is 1. The summed E-state index contributed by atoms with van der Waals surface area (Å²) in [5.41, 5.74) is 0.862. The molecule has 1 aromatic carbocycles. The number of aromatic carboxylic acids is 1. The monoisotopic (exact) mass is 307 g/mol. The molecular weight excluding hydrogens is 290 g/mol. The van der Waals surface area contributed by atoms with Gasteiger partial charge in [-0.2, -0.15) is 0 Å². The third kappa shape index (κ3) is 3.16. The molecule has 0 aliphatic heterocycles. The van der Waals surface area contributed by atoms with E-state index >= 15 is 0 Å². The number of hydrogen-bond donors (Lipinski definition) is 1. The molecular formula is C15H17NO4S. The molecule has 0 amide bonds. The molecule has 5 nitrogen and oxygen atoms in total. The first-order valence-electron chi connectivity index (χ1n) is 6.56. The Labute approximate surface area is 127 Å². The van der Waals surface area contributed by atoms with Crippen LogP contribution < -0.4 is 9.47 Å². The van der Waals surface area contributed by atoms with Crippen LogP contribution in [0.2, 0.25) is 0 Å². The number of thiazole rings is 1. The molecule has 1 heterocycles. The lowest BCUT2D eigenvalue weighted by molar-refractivity contribution is 0.0692. The fourth-order valence-corrected chi connectivity index (χ4v) is 3.16. The van der Waals surface area contributed by atoms with Crippen LogP contribution in [0.3, 0.4) is 0 Å². The van der Waals surface area contributed by atoms with Crippen LogP contribution in [0.25, 0.3) is 10.4 Å². The van der Waals surface area contributed by atoms with Gasteiger partial charge in [-0.05, 0) is 36.6 Å². The Morgan fingerprint density at radius 2 is 2.00 bits per heavy atom. The minimum absolute atomic E-state index is 0.0932. The van der Waals surface area contributed by atoms with Crippen molar-refractivity contribution >= 4 is 17.3 Å².